The number of nitrogens with zero attached hydrogens (tertiary/aromatic N) is 3. The number of likely N-dealkylation sites (tertiary alicyclic amines) is 1. The van der Waals surface area contributed by atoms with Crippen LogP contribution in [0.2, 0.25) is 0 Å². The molecule has 2 saturated carbocycles. The molecule has 4 heterocycles. The fourth-order valence-corrected chi connectivity index (χ4v) is 8.80. The van der Waals surface area contributed by atoms with Gasteiger partial charge in [-0.25, -0.2) is 18.6 Å². The lowest BCUT2D eigenvalue weighted by Gasteiger charge is -2.41. The number of carbonyl (C=O) groups is 1. The third-order valence-electron chi connectivity index (χ3n) is 11.0. The first-order valence-electron chi connectivity index (χ1n) is 17.0. The first-order valence-corrected chi connectivity index (χ1v) is 17.4. The van der Waals surface area contributed by atoms with Crippen molar-refractivity contribution in [2.45, 2.75) is 140 Å². The summed E-state index contributed by atoms with van der Waals surface area (Å²) >= 11 is 6.26. The number of aromatic nitrogens is 2. The highest BCUT2D eigenvalue weighted by molar-refractivity contribution is 6.20. The molecule has 0 amide bonds. The van der Waals surface area contributed by atoms with Gasteiger partial charge in [-0.2, -0.15) is 0 Å². The van der Waals surface area contributed by atoms with Crippen LogP contribution in [0.4, 0.5) is 8.78 Å². The van der Waals surface area contributed by atoms with Gasteiger partial charge in [0.05, 0.1) is 43.7 Å². The van der Waals surface area contributed by atoms with Crippen LogP contribution >= 0.6 is 11.6 Å². The van der Waals surface area contributed by atoms with Crippen molar-refractivity contribution in [2.24, 2.45) is 17.8 Å². The van der Waals surface area contributed by atoms with E-state index in [1.165, 1.54) is 0 Å². The maximum atomic E-state index is 15.1. The molecule has 6 rings (SSSR count). The number of hydrogen-bond donors (Lipinski definition) is 0. The number of alkyl halides is 3. The van der Waals surface area contributed by atoms with Crippen molar-refractivity contribution in [2.75, 3.05) is 26.3 Å². The summed E-state index contributed by atoms with van der Waals surface area (Å²) in [7, 11) is 0. The highest BCUT2D eigenvalue weighted by atomic mass is 35.5. The third-order valence-corrected chi connectivity index (χ3v) is 11.4. The molecule has 1 aromatic heterocycles. The van der Waals surface area contributed by atoms with Crippen molar-refractivity contribution in [3.05, 3.63) is 17.2 Å². The van der Waals surface area contributed by atoms with Crippen molar-refractivity contribution in [3.8, 4) is 0 Å². The minimum atomic E-state index is -1.72. The second kappa shape index (κ2) is 13.8. The van der Waals surface area contributed by atoms with Gasteiger partial charge in [-0.3, -0.25) is 4.90 Å². The predicted octanol–water partition coefficient (Wildman–Crippen LogP) is 5.68. The number of esters is 1. The van der Waals surface area contributed by atoms with Crippen LogP contribution < -0.4 is 0 Å². The molecule has 0 bridgehead atoms. The molecule has 11 heteroatoms. The lowest BCUT2D eigenvalue weighted by molar-refractivity contribution is -0.219. The van der Waals surface area contributed by atoms with E-state index in [1.807, 2.05) is 13.8 Å². The van der Waals surface area contributed by atoms with Gasteiger partial charge in [-0.15, -0.1) is 11.6 Å². The van der Waals surface area contributed by atoms with Crippen molar-refractivity contribution < 1.29 is 32.5 Å². The molecule has 0 N–H and O–H groups in total. The van der Waals surface area contributed by atoms with E-state index in [0.29, 0.717) is 37.8 Å². The lowest BCUT2D eigenvalue weighted by atomic mass is 9.73. The van der Waals surface area contributed by atoms with Gasteiger partial charge in [0.1, 0.15) is 12.0 Å². The fourth-order valence-electron chi connectivity index (χ4n) is 8.50. The molecular weight excluding hydrogens is 592 g/mol. The van der Waals surface area contributed by atoms with Crippen LogP contribution in [0.25, 0.3) is 0 Å². The van der Waals surface area contributed by atoms with Crippen molar-refractivity contribution in [1.29, 1.82) is 0 Å². The molecule has 9 atom stereocenters. The zero-order chi connectivity index (χ0) is 31.0. The summed E-state index contributed by atoms with van der Waals surface area (Å²) in [4.78, 5) is 19.4. The fraction of sp³-hybridized carbons (Fsp3) is 0.879. The molecular formula is C33H50ClF2N3O5. The van der Waals surface area contributed by atoms with Crippen LogP contribution in [0.1, 0.15) is 88.8 Å². The quantitative estimate of drug-likeness (QED) is 0.240. The highest BCUT2D eigenvalue weighted by Crippen LogP contribution is 2.50. The number of rotatable bonds is 10. The van der Waals surface area contributed by atoms with Crippen LogP contribution in [0.15, 0.2) is 0 Å². The van der Waals surface area contributed by atoms with E-state index < -0.39 is 24.1 Å². The van der Waals surface area contributed by atoms with Crippen LogP contribution in [0.3, 0.4) is 0 Å². The van der Waals surface area contributed by atoms with E-state index in [2.05, 4.69) is 9.47 Å². The number of imidazole rings is 1. The summed E-state index contributed by atoms with van der Waals surface area (Å²) in [5, 5.41) is -0.100. The lowest BCUT2D eigenvalue weighted by Crippen LogP contribution is -2.46. The Kier molecular flexibility index (Phi) is 10.2. The number of piperidine rings is 1. The summed E-state index contributed by atoms with van der Waals surface area (Å²) in [5.74, 6) is -0.123. The molecule has 5 aliphatic rings. The van der Waals surface area contributed by atoms with Gasteiger partial charge in [0, 0.05) is 30.0 Å². The van der Waals surface area contributed by atoms with Gasteiger partial charge in [-0.05, 0) is 97.1 Å². The Balaban J connectivity index is 1.08. The summed E-state index contributed by atoms with van der Waals surface area (Å²) < 4.78 is 56.0. The Bertz CT molecular complexity index is 1140. The van der Waals surface area contributed by atoms with E-state index >= 15 is 4.39 Å². The number of carbonyl (C=O) groups excluding carboxylic acids is 1. The first-order chi connectivity index (χ1) is 21.1. The van der Waals surface area contributed by atoms with Crippen molar-refractivity contribution in [3.63, 3.8) is 0 Å². The topological polar surface area (TPSA) is 75.0 Å². The maximum Gasteiger partial charge on any atom is 0.341 e. The molecule has 7 unspecified atom stereocenters. The first kappa shape index (κ1) is 32.6. The number of aryl methyl sites for hydroxylation is 1. The zero-order valence-corrected chi connectivity index (χ0v) is 27.3. The minimum Gasteiger partial charge on any atom is -0.464 e. The van der Waals surface area contributed by atoms with Gasteiger partial charge in [0.15, 0.2) is 5.79 Å². The predicted molar refractivity (Wildman–Crippen MR) is 162 cm³/mol. The summed E-state index contributed by atoms with van der Waals surface area (Å²) in [6.45, 7) is 9.61. The van der Waals surface area contributed by atoms with E-state index in [1.54, 1.807) is 6.92 Å². The number of hydrogen-bond acceptors (Lipinski definition) is 7. The SMILES string of the molecule is CCOC(=O)C(F)Cc1c(C)nc(CN2CCC(C3CCCC4O[C@](C)(C5CCC(Cl)CC5F)OC43)CC2)n1C[C@@H]1CCO1. The monoisotopic (exact) mass is 641 g/mol. The third kappa shape index (κ3) is 6.85. The largest absolute Gasteiger partial charge is 0.464 e. The minimum absolute atomic E-state index is 0.0193. The second-order valence-electron chi connectivity index (χ2n) is 13.9. The number of halogens is 3. The number of fused-ring (bicyclic) bond motifs is 1. The molecule has 8 nitrogen and oxygen atoms in total. The van der Waals surface area contributed by atoms with E-state index in [-0.39, 0.29) is 42.6 Å². The molecule has 0 spiro atoms. The standard InChI is InChI=1S/C33H50ClF2N3O5/c1-4-41-32(40)27(36)17-28-20(2)37-30(39(28)18-23-12-15-42-23)19-38-13-10-21(11-14-38)24-6-5-7-29-31(24)44-33(3,43-29)25-9-8-22(34)16-26(25)35/h21-27,29,31H,4-19H2,1-3H3/t22?,23-,24?,25?,26?,27?,29?,31?,33-/m0/s1. The van der Waals surface area contributed by atoms with Gasteiger partial charge in [0.25, 0.3) is 0 Å². The van der Waals surface area contributed by atoms with Crippen LogP contribution in [-0.2, 0) is 43.3 Å². The Labute approximate surface area is 265 Å². The van der Waals surface area contributed by atoms with Gasteiger partial charge >= 0.3 is 5.97 Å². The smallest absolute Gasteiger partial charge is 0.341 e. The maximum absolute atomic E-state index is 15.1. The Morgan fingerprint density at radius 3 is 2.61 bits per heavy atom. The average molecular weight is 642 g/mol. The molecule has 0 radical (unpaired) electrons. The average Bonchev–Trinajstić information content (AvgIpc) is 3.46. The summed E-state index contributed by atoms with van der Waals surface area (Å²) in [6, 6.07) is 0. The molecule has 3 aliphatic heterocycles. The van der Waals surface area contributed by atoms with Crippen LogP contribution in [-0.4, -0.2) is 88.5 Å². The molecule has 3 saturated heterocycles. The van der Waals surface area contributed by atoms with Crippen molar-refractivity contribution >= 4 is 17.6 Å². The summed E-state index contributed by atoms with van der Waals surface area (Å²) in [6.07, 6.45) is 5.56. The summed E-state index contributed by atoms with van der Waals surface area (Å²) in [5.41, 5.74) is 1.50. The highest BCUT2D eigenvalue weighted by Gasteiger charge is 2.56. The molecule has 2 aliphatic carbocycles. The Hall–Kier alpha value is -1.33. The van der Waals surface area contributed by atoms with Gasteiger partial charge < -0.3 is 23.5 Å². The van der Waals surface area contributed by atoms with Crippen molar-refractivity contribution in [1.82, 2.24) is 14.5 Å². The van der Waals surface area contributed by atoms with Crippen LogP contribution in [0.5, 0.6) is 0 Å². The van der Waals surface area contributed by atoms with Gasteiger partial charge in [-0.1, -0.05) is 6.42 Å². The van der Waals surface area contributed by atoms with E-state index in [0.717, 1.165) is 81.9 Å². The molecule has 1 aromatic rings. The number of ether oxygens (including phenoxy) is 4. The van der Waals surface area contributed by atoms with Crippen LogP contribution in [0, 0.1) is 24.7 Å². The molecule has 248 valence electrons. The Morgan fingerprint density at radius 2 is 1.93 bits per heavy atom. The van der Waals surface area contributed by atoms with Gasteiger partial charge in [0.2, 0.25) is 6.17 Å². The second-order valence-corrected chi connectivity index (χ2v) is 14.5. The van der Waals surface area contributed by atoms with E-state index in [4.69, 9.17) is 35.5 Å². The normalized spacial score (nSPS) is 37.4. The molecule has 44 heavy (non-hydrogen) atoms. The Morgan fingerprint density at radius 1 is 1.16 bits per heavy atom. The molecule has 0 aromatic carbocycles. The van der Waals surface area contributed by atoms with E-state index in [9.17, 15) is 9.18 Å². The zero-order valence-electron chi connectivity index (χ0n) is 26.5. The molecule has 5 fully saturated rings.